The Balaban J connectivity index is 1.64. The van der Waals surface area contributed by atoms with E-state index in [-0.39, 0.29) is 33.4 Å². The molecule has 0 saturated heterocycles. The van der Waals surface area contributed by atoms with Crippen molar-refractivity contribution in [3.05, 3.63) is 114 Å². The van der Waals surface area contributed by atoms with E-state index in [1.54, 1.807) is 37.4 Å². The molecule has 3 aromatic heterocycles. The summed E-state index contributed by atoms with van der Waals surface area (Å²) < 4.78 is 26.2. The Kier molecular flexibility index (Phi) is 6.43. The molecule has 0 aliphatic carbocycles. The lowest BCUT2D eigenvalue weighted by Crippen LogP contribution is -2.30. The fourth-order valence-electron chi connectivity index (χ4n) is 4.05. The molecule has 0 bridgehead atoms. The van der Waals surface area contributed by atoms with Gasteiger partial charge < -0.3 is 14.1 Å². The van der Waals surface area contributed by atoms with Gasteiger partial charge >= 0.3 is 5.97 Å². The number of carbonyl (C=O) groups excluding carboxylic acids is 1. The summed E-state index contributed by atoms with van der Waals surface area (Å²) >= 11 is 5.61. The van der Waals surface area contributed by atoms with Crippen molar-refractivity contribution in [1.82, 2.24) is 9.38 Å². The molecule has 1 N–H and O–H groups in total. The molecule has 0 amide bonds. The average Bonchev–Trinajstić information content (AvgIpc) is 3.52. The molecule has 190 valence electrons. The summed E-state index contributed by atoms with van der Waals surface area (Å²) in [5.74, 6) is -0.324. The maximum absolute atomic E-state index is 13.5. The second-order valence-electron chi connectivity index (χ2n) is 8.19. The zero-order valence-electron chi connectivity index (χ0n) is 19.8. The molecular weight excluding hydrogens is 513 g/mol. The molecule has 0 spiro atoms. The van der Waals surface area contributed by atoms with Gasteiger partial charge in [0.05, 0.1) is 16.7 Å². The quantitative estimate of drug-likeness (QED) is 0.141. The third-order valence-electron chi connectivity index (χ3n) is 5.84. The minimum absolute atomic E-state index is 0.0448. The summed E-state index contributed by atoms with van der Waals surface area (Å²) in [6.07, 6.45) is 3.06. The van der Waals surface area contributed by atoms with Gasteiger partial charge in [-0.15, -0.1) is 0 Å². The Hall–Kier alpha value is -4.90. The van der Waals surface area contributed by atoms with Gasteiger partial charge in [0.15, 0.2) is 0 Å². The summed E-state index contributed by atoms with van der Waals surface area (Å²) in [6.45, 7) is 1.78. The number of non-ortho nitro benzene ring substituents is 1. The van der Waals surface area contributed by atoms with Crippen molar-refractivity contribution < 1.29 is 23.3 Å². The van der Waals surface area contributed by atoms with Gasteiger partial charge in [-0.2, -0.15) is 0 Å². The van der Waals surface area contributed by atoms with E-state index in [1.165, 1.54) is 46.9 Å². The largest absolute Gasteiger partial charge is 0.462 e. The molecule has 0 atom stereocenters. The molecule has 0 radical (unpaired) electrons. The smallest absolute Gasteiger partial charge is 0.342 e. The van der Waals surface area contributed by atoms with Gasteiger partial charge in [-0.25, -0.2) is 9.18 Å². The Morgan fingerprint density at radius 2 is 1.82 bits per heavy atom. The van der Waals surface area contributed by atoms with Crippen LogP contribution in [-0.4, -0.2) is 26.9 Å². The van der Waals surface area contributed by atoms with E-state index < -0.39 is 22.3 Å². The standard InChI is InChI=1S/C27H18FN3O6S/c1-2-36-27(33)23-21(15-3-7-17(28)8-4-15)14-30-24(23)29-25(32)20(26(30)38)13-19-11-12-22(37-19)16-5-9-18(10-6-16)31(34)35/h3-14H,2H2,1H3,(H,29,32). The number of aromatic nitrogens is 2. The summed E-state index contributed by atoms with van der Waals surface area (Å²) in [5, 5.41) is 11.0. The van der Waals surface area contributed by atoms with Crippen LogP contribution in [0.2, 0.25) is 0 Å². The lowest BCUT2D eigenvalue weighted by molar-refractivity contribution is -0.384. The number of nitro benzene ring substituents is 1. The number of ether oxygens (including phenoxy) is 1. The first-order chi connectivity index (χ1) is 18.3. The molecule has 2 aromatic carbocycles. The van der Waals surface area contributed by atoms with Gasteiger partial charge in [-0.05, 0) is 55.0 Å². The summed E-state index contributed by atoms with van der Waals surface area (Å²) in [5.41, 5.74) is 1.24. The molecule has 0 fully saturated rings. The maximum atomic E-state index is 13.5. The Labute approximate surface area is 218 Å². The van der Waals surface area contributed by atoms with E-state index in [0.717, 1.165) is 0 Å². The summed E-state index contributed by atoms with van der Waals surface area (Å²) in [7, 11) is 0. The van der Waals surface area contributed by atoms with Crippen LogP contribution in [-0.2, 0) is 4.74 Å². The van der Waals surface area contributed by atoms with E-state index in [9.17, 15) is 24.1 Å². The number of hydrogen-bond acceptors (Lipinski definition) is 7. The first-order valence-electron chi connectivity index (χ1n) is 11.4. The normalized spacial score (nSPS) is 11.7. The van der Waals surface area contributed by atoms with Gasteiger partial charge in [0.2, 0.25) is 0 Å². The first kappa shape index (κ1) is 24.8. The predicted molar refractivity (Wildman–Crippen MR) is 140 cm³/mol. The van der Waals surface area contributed by atoms with Crippen molar-refractivity contribution in [2.45, 2.75) is 6.92 Å². The maximum Gasteiger partial charge on any atom is 0.342 e. The summed E-state index contributed by atoms with van der Waals surface area (Å²) in [6, 6.07) is 14.7. The van der Waals surface area contributed by atoms with Gasteiger partial charge in [0.25, 0.3) is 11.2 Å². The number of furan rings is 1. The molecule has 5 aromatic rings. The zero-order valence-corrected chi connectivity index (χ0v) is 20.6. The molecule has 5 rings (SSSR count). The number of nitro groups is 1. The number of aromatic amines is 1. The number of rotatable bonds is 6. The minimum atomic E-state index is -0.658. The number of nitrogens with zero attached hydrogens (tertiary/aromatic N) is 2. The highest BCUT2D eigenvalue weighted by Crippen LogP contribution is 2.29. The first-order valence-corrected chi connectivity index (χ1v) is 11.8. The molecule has 0 aliphatic rings. The SMILES string of the molecule is CCOC(=O)c1c(-c2ccc(F)cc2)cn2c(=S)c(=Cc3ccc(-c4ccc([N+](=O)[O-])cc4)o3)c(=O)[nH]c12. The third-order valence-corrected chi connectivity index (χ3v) is 6.26. The number of halogens is 1. The molecule has 9 nitrogen and oxygen atoms in total. The second kappa shape index (κ2) is 9.87. The molecule has 0 saturated carbocycles. The van der Waals surface area contributed by atoms with Gasteiger partial charge in [0.1, 0.15) is 33.2 Å². The van der Waals surface area contributed by atoms with E-state index in [1.807, 2.05) is 0 Å². The topological polar surface area (TPSA) is 120 Å². The molecule has 3 heterocycles. The number of hydrogen-bond donors (Lipinski definition) is 1. The minimum Gasteiger partial charge on any atom is -0.462 e. The van der Waals surface area contributed by atoms with Crippen LogP contribution >= 0.6 is 12.2 Å². The fraction of sp³-hybridized carbons (Fsp3) is 0.0741. The van der Waals surface area contributed by atoms with E-state index in [0.29, 0.717) is 28.2 Å². The highest BCUT2D eigenvalue weighted by Gasteiger charge is 2.22. The second-order valence-corrected chi connectivity index (χ2v) is 8.57. The lowest BCUT2D eigenvalue weighted by atomic mass is 10.0. The third kappa shape index (κ3) is 4.50. The lowest BCUT2D eigenvalue weighted by Gasteiger charge is -2.05. The van der Waals surface area contributed by atoms with Crippen LogP contribution in [0.4, 0.5) is 10.1 Å². The predicted octanol–water partition coefficient (Wildman–Crippen LogP) is 5.06. The average molecular weight is 532 g/mol. The van der Waals surface area contributed by atoms with Crippen LogP contribution in [0.3, 0.4) is 0 Å². The van der Waals surface area contributed by atoms with Crippen LogP contribution in [0.1, 0.15) is 23.0 Å². The monoisotopic (exact) mass is 531 g/mol. The Morgan fingerprint density at radius 3 is 2.47 bits per heavy atom. The van der Waals surface area contributed by atoms with Crippen LogP contribution in [0, 0.1) is 20.6 Å². The van der Waals surface area contributed by atoms with Crippen LogP contribution in [0.25, 0.3) is 34.2 Å². The van der Waals surface area contributed by atoms with Gasteiger partial charge in [-0.1, -0.05) is 24.4 Å². The number of H-pyrrole nitrogens is 1. The number of fused-ring (bicyclic) bond motifs is 1. The molecule has 38 heavy (non-hydrogen) atoms. The van der Waals surface area contributed by atoms with Gasteiger partial charge in [0, 0.05) is 29.5 Å². The number of benzene rings is 2. The highest BCUT2D eigenvalue weighted by molar-refractivity contribution is 7.71. The van der Waals surface area contributed by atoms with Crippen molar-refractivity contribution in [2.75, 3.05) is 6.61 Å². The number of carbonyl (C=O) groups is 1. The van der Waals surface area contributed by atoms with Crippen molar-refractivity contribution in [2.24, 2.45) is 0 Å². The van der Waals surface area contributed by atoms with Crippen molar-refractivity contribution in [3.63, 3.8) is 0 Å². The summed E-state index contributed by atoms with van der Waals surface area (Å²) in [4.78, 5) is 39.0. The number of esters is 1. The van der Waals surface area contributed by atoms with E-state index in [2.05, 4.69) is 4.98 Å². The van der Waals surface area contributed by atoms with E-state index >= 15 is 0 Å². The van der Waals surface area contributed by atoms with Crippen molar-refractivity contribution >= 4 is 35.6 Å². The zero-order chi connectivity index (χ0) is 27.0. The molecule has 11 heteroatoms. The molecule has 0 aliphatic heterocycles. The number of nitrogens with one attached hydrogen (secondary N) is 1. The molecular formula is C27H18FN3O6S. The van der Waals surface area contributed by atoms with Crippen molar-refractivity contribution in [3.8, 4) is 22.5 Å². The van der Waals surface area contributed by atoms with Gasteiger partial charge in [-0.3, -0.25) is 19.3 Å². The Bertz CT molecular complexity index is 1870. The molecule has 0 unspecified atom stereocenters. The van der Waals surface area contributed by atoms with Crippen LogP contribution in [0.5, 0.6) is 0 Å². The van der Waals surface area contributed by atoms with Crippen LogP contribution in [0.15, 0.2) is 76.1 Å². The Morgan fingerprint density at radius 1 is 1.13 bits per heavy atom. The van der Waals surface area contributed by atoms with E-state index in [4.69, 9.17) is 21.4 Å². The highest BCUT2D eigenvalue weighted by atomic mass is 32.1. The van der Waals surface area contributed by atoms with Crippen LogP contribution < -0.4 is 10.8 Å². The van der Waals surface area contributed by atoms with Crippen molar-refractivity contribution in [1.29, 1.82) is 0 Å². The fourth-order valence-corrected chi connectivity index (χ4v) is 4.35.